The Morgan fingerprint density at radius 3 is 2.75 bits per heavy atom. The Kier molecular flexibility index (Phi) is 9.99. The molecule has 1 N–H and O–H groups in total. The van der Waals surface area contributed by atoms with E-state index in [9.17, 15) is 9.90 Å². The molecular formula is C19H30ClNO3. The van der Waals surface area contributed by atoms with Crippen LogP contribution in [-0.4, -0.2) is 41.9 Å². The Morgan fingerprint density at radius 2 is 2.12 bits per heavy atom. The average Bonchev–Trinajstić information content (AvgIpc) is 2.61. The van der Waals surface area contributed by atoms with Crippen LogP contribution in [0.5, 0.6) is 0 Å². The number of carbonyl (C=O) groups excluding carboxylic acids is 1. The Balaban J connectivity index is 2.72. The summed E-state index contributed by atoms with van der Waals surface area (Å²) in [5.41, 5.74) is 0.916. The molecule has 0 aromatic rings. The molecule has 1 saturated heterocycles. The van der Waals surface area contributed by atoms with Gasteiger partial charge < -0.3 is 9.84 Å². The smallest absolute Gasteiger partial charge is 0.310 e. The molecule has 0 aromatic carbocycles. The van der Waals surface area contributed by atoms with Crippen molar-refractivity contribution in [2.75, 3.05) is 19.7 Å². The highest BCUT2D eigenvalue weighted by atomic mass is 35.5. The SMILES string of the molecule is CC\C=C/C(/C=C/C(O)N1CCCC(C(=O)OCC)C1)=C(/Cl)CC. The van der Waals surface area contributed by atoms with E-state index < -0.39 is 6.23 Å². The average molecular weight is 356 g/mol. The van der Waals surface area contributed by atoms with Gasteiger partial charge in [-0.25, -0.2) is 0 Å². The third-order valence-electron chi connectivity index (χ3n) is 4.05. The molecule has 2 unspecified atom stereocenters. The maximum Gasteiger partial charge on any atom is 0.310 e. The fourth-order valence-corrected chi connectivity index (χ4v) is 2.82. The van der Waals surface area contributed by atoms with Gasteiger partial charge in [0.2, 0.25) is 0 Å². The first kappa shape index (κ1) is 20.9. The second-order valence-corrected chi connectivity index (χ2v) is 6.34. The van der Waals surface area contributed by atoms with E-state index in [2.05, 4.69) is 6.92 Å². The number of ether oxygens (including phenoxy) is 1. The van der Waals surface area contributed by atoms with Gasteiger partial charge in [-0.3, -0.25) is 9.69 Å². The first-order valence-corrected chi connectivity index (χ1v) is 9.23. The van der Waals surface area contributed by atoms with Gasteiger partial charge in [0.05, 0.1) is 12.5 Å². The highest BCUT2D eigenvalue weighted by Crippen LogP contribution is 2.21. The van der Waals surface area contributed by atoms with E-state index in [1.807, 2.05) is 37.0 Å². The quantitative estimate of drug-likeness (QED) is 0.528. The zero-order valence-electron chi connectivity index (χ0n) is 15.0. The number of likely N-dealkylation sites (tertiary alicyclic amines) is 1. The standard InChI is InChI=1S/C19H30ClNO3/c1-4-7-9-15(17(20)5-2)11-12-18(22)21-13-8-10-16(14-21)19(23)24-6-3/h7,9,11-12,16,18,22H,4-6,8,10,13-14H2,1-3H3/b9-7-,12-11+,17-15-. The van der Waals surface area contributed by atoms with Gasteiger partial charge in [0.1, 0.15) is 6.23 Å². The van der Waals surface area contributed by atoms with Crippen molar-refractivity contribution >= 4 is 17.6 Å². The fraction of sp³-hybridized carbons (Fsp3) is 0.632. The van der Waals surface area contributed by atoms with Gasteiger partial charge in [-0.2, -0.15) is 0 Å². The Morgan fingerprint density at radius 1 is 1.38 bits per heavy atom. The third-order valence-corrected chi connectivity index (χ3v) is 4.54. The van der Waals surface area contributed by atoms with Crippen LogP contribution in [0, 0.1) is 5.92 Å². The number of aliphatic hydroxyl groups is 1. The molecule has 5 heteroatoms. The van der Waals surface area contributed by atoms with Gasteiger partial charge in [-0.15, -0.1) is 0 Å². The second kappa shape index (κ2) is 11.5. The van der Waals surface area contributed by atoms with Crippen LogP contribution < -0.4 is 0 Å². The molecule has 4 nitrogen and oxygen atoms in total. The molecule has 2 atom stereocenters. The minimum Gasteiger partial charge on any atom is -0.466 e. The van der Waals surface area contributed by atoms with Crippen LogP contribution in [0.15, 0.2) is 34.9 Å². The molecule has 0 saturated carbocycles. The molecule has 0 aliphatic carbocycles. The molecule has 24 heavy (non-hydrogen) atoms. The van der Waals surface area contributed by atoms with Crippen LogP contribution in [0.2, 0.25) is 0 Å². The van der Waals surface area contributed by atoms with E-state index in [1.165, 1.54) is 0 Å². The number of hydrogen-bond acceptors (Lipinski definition) is 4. The molecule has 0 amide bonds. The maximum absolute atomic E-state index is 11.9. The van der Waals surface area contributed by atoms with Crippen LogP contribution in [0.25, 0.3) is 0 Å². The van der Waals surface area contributed by atoms with E-state index in [0.717, 1.165) is 42.8 Å². The van der Waals surface area contributed by atoms with Crippen LogP contribution in [0.3, 0.4) is 0 Å². The molecule has 0 radical (unpaired) electrons. The van der Waals surface area contributed by atoms with Crippen LogP contribution in [-0.2, 0) is 9.53 Å². The lowest BCUT2D eigenvalue weighted by molar-refractivity contribution is -0.151. The van der Waals surface area contributed by atoms with E-state index in [1.54, 1.807) is 6.08 Å². The van der Waals surface area contributed by atoms with Crippen molar-refractivity contribution in [1.82, 2.24) is 4.90 Å². The van der Waals surface area contributed by atoms with Crippen molar-refractivity contribution in [2.45, 2.75) is 52.7 Å². The molecular weight excluding hydrogens is 326 g/mol. The number of allylic oxidation sites excluding steroid dienone is 5. The largest absolute Gasteiger partial charge is 0.466 e. The van der Waals surface area contributed by atoms with Gasteiger partial charge in [-0.05, 0) is 44.3 Å². The zero-order chi connectivity index (χ0) is 17.9. The second-order valence-electron chi connectivity index (χ2n) is 5.88. The topological polar surface area (TPSA) is 49.8 Å². The zero-order valence-corrected chi connectivity index (χ0v) is 15.8. The van der Waals surface area contributed by atoms with Gasteiger partial charge in [-0.1, -0.05) is 43.7 Å². The van der Waals surface area contributed by atoms with E-state index >= 15 is 0 Å². The molecule has 1 aliphatic rings. The number of esters is 1. The van der Waals surface area contributed by atoms with Gasteiger partial charge in [0.25, 0.3) is 0 Å². The van der Waals surface area contributed by atoms with E-state index in [-0.39, 0.29) is 11.9 Å². The highest BCUT2D eigenvalue weighted by Gasteiger charge is 2.29. The van der Waals surface area contributed by atoms with Crippen LogP contribution in [0.1, 0.15) is 46.5 Å². The van der Waals surface area contributed by atoms with Crippen molar-refractivity contribution in [3.63, 3.8) is 0 Å². The number of rotatable bonds is 8. The molecule has 1 fully saturated rings. The number of halogens is 1. The molecule has 0 bridgehead atoms. The minimum atomic E-state index is -0.728. The molecule has 0 aromatic heterocycles. The van der Waals surface area contributed by atoms with E-state index in [4.69, 9.17) is 16.3 Å². The van der Waals surface area contributed by atoms with Gasteiger partial charge in [0, 0.05) is 18.1 Å². The maximum atomic E-state index is 11.9. The molecule has 0 spiro atoms. The van der Waals surface area contributed by atoms with Gasteiger partial charge in [0.15, 0.2) is 0 Å². The van der Waals surface area contributed by atoms with Crippen molar-refractivity contribution in [3.8, 4) is 0 Å². The predicted octanol–water partition coefficient (Wildman–Crippen LogP) is 4.01. The summed E-state index contributed by atoms with van der Waals surface area (Å²) in [6.07, 6.45) is 10.3. The third kappa shape index (κ3) is 6.80. The Hall–Kier alpha value is -1.10. The number of aliphatic hydroxyl groups excluding tert-OH is 1. The molecule has 136 valence electrons. The lowest BCUT2D eigenvalue weighted by atomic mass is 9.98. The van der Waals surface area contributed by atoms with Crippen molar-refractivity contribution in [1.29, 1.82) is 0 Å². The number of piperidine rings is 1. The molecule has 1 heterocycles. The number of nitrogens with zero attached hydrogens (tertiary/aromatic N) is 1. The number of carbonyl (C=O) groups is 1. The Bertz CT molecular complexity index is 485. The molecule has 1 rings (SSSR count). The predicted molar refractivity (Wildman–Crippen MR) is 98.7 cm³/mol. The summed E-state index contributed by atoms with van der Waals surface area (Å²) in [6.45, 7) is 7.57. The molecule has 1 aliphatic heterocycles. The summed E-state index contributed by atoms with van der Waals surface area (Å²) in [4.78, 5) is 13.8. The summed E-state index contributed by atoms with van der Waals surface area (Å²) in [5, 5.41) is 11.2. The monoisotopic (exact) mass is 355 g/mol. The first-order valence-electron chi connectivity index (χ1n) is 8.85. The normalized spacial score (nSPS) is 22.0. The van der Waals surface area contributed by atoms with Crippen molar-refractivity contribution < 1.29 is 14.6 Å². The van der Waals surface area contributed by atoms with Crippen LogP contribution in [0.4, 0.5) is 0 Å². The lowest BCUT2D eigenvalue weighted by Crippen LogP contribution is -2.44. The summed E-state index contributed by atoms with van der Waals surface area (Å²) < 4.78 is 5.10. The van der Waals surface area contributed by atoms with E-state index in [0.29, 0.717) is 13.2 Å². The first-order chi connectivity index (χ1) is 11.5. The van der Waals surface area contributed by atoms with Crippen molar-refractivity contribution in [3.05, 3.63) is 34.9 Å². The van der Waals surface area contributed by atoms with Crippen molar-refractivity contribution in [2.24, 2.45) is 5.92 Å². The lowest BCUT2D eigenvalue weighted by Gasteiger charge is -2.33. The summed E-state index contributed by atoms with van der Waals surface area (Å²) in [6, 6.07) is 0. The number of hydrogen-bond donors (Lipinski definition) is 1. The summed E-state index contributed by atoms with van der Waals surface area (Å²) in [7, 11) is 0. The van der Waals surface area contributed by atoms with Gasteiger partial charge >= 0.3 is 5.97 Å². The summed E-state index contributed by atoms with van der Waals surface area (Å²) in [5.74, 6) is -0.324. The fourth-order valence-electron chi connectivity index (χ4n) is 2.70. The van der Waals surface area contributed by atoms with Crippen LogP contribution >= 0.6 is 11.6 Å². The highest BCUT2D eigenvalue weighted by molar-refractivity contribution is 6.30. The summed E-state index contributed by atoms with van der Waals surface area (Å²) >= 11 is 6.26. The minimum absolute atomic E-state index is 0.157. The Labute approximate surface area is 150 Å².